The lowest BCUT2D eigenvalue weighted by Gasteiger charge is -2.08. The summed E-state index contributed by atoms with van der Waals surface area (Å²) >= 11 is 0. The monoisotopic (exact) mass is 396 g/mol. The Kier molecular flexibility index (Phi) is 11.6. The molecular formula is C26H36O3. The van der Waals surface area contributed by atoms with E-state index >= 15 is 0 Å². The predicted octanol–water partition coefficient (Wildman–Crippen LogP) is 6.88. The normalized spacial score (nSPS) is 10.7. The molecule has 0 saturated heterocycles. The molecule has 0 aromatic heterocycles. The third-order valence-corrected chi connectivity index (χ3v) is 5.06. The van der Waals surface area contributed by atoms with Crippen LogP contribution in [0.25, 0.3) is 0 Å². The lowest BCUT2D eigenvalue weighted by molar-refractivity contribution is -0.143. The lowest BCUT2D eigenvalue weighted by Crippen LogP contribution is -2.07. The molecular weight excluding hydrogens is 360 g/mol. The van der Waals surface area contributed by atoms with Gasteiger partial charge in [-0.25, -0.2) is 0 Å². The van der Waals surface area contributed by atoms with Gasteiger partial charge in [0, 0.05) is 12.8 Å². The summed E-state index contributed by atoms with van der Waals surface area (Å²) < 4.78 is 11.2. The van der Waals surface area contributed by atoms with Crippen molar-refractivity contribution in [1.29, 1.82) is 0 Å². The third-order valence-electron chi connectivity index (χ3n) is 5.06. The van der Waals surface area contributed by atoms with Gasteiger partial charge in [0.05, 0.1) is 6.61 Å². The third kappa shape index (κ3) is 10.7. The number of carbonyl (C=O) groups is 1. The Labute approximate surface area is 176 Å². The highest BCUT2D eigenvalue weighted by Gasteiger charge is 2.03. The van der Waals surface area contributed by atoms with Crippen LogP contribution in [0.5, 0.6) is 5.75 Å². The Morgan fingerprint density at radius 3 is 2.10 bits per heavy atom. The number of rotatable bonds is 15. The molecule has 0 aliphatic carbocycles. The summed E-state index contributed by atoms with van der Waals surface area (Å²) in [6, 6.07) is 18.1. The highest BCUT2D eigenvalue weighted by Crippen LogP contribution is 2.15. The molecule has 0 aliphatic heterocycles. The van der Waals surface area contributed by atoms with Gasteiger partial charge in [-0.2, -0.15) is 0 Å². The summed E-state index contributed by atoms with van der Waals surface area (Å²) in [6.45, 7) is 3.25. The van der Waals surface area contributed by atoms with E-state index in [2.05, 4.69) is 19.1 Å². The second-order valence-electron chi connectivity index (χ2n) is 7.61. The second kappa shape index (κ2) is 14.7. The van der Waals surface area contributed by atoms with Gasteiger partial charge in [-0.15, -0.1) is 0 Å². The Morgan fingerprint density at radius 2 is 1.41 bits per heavy atom. The summed E-state index contributed by atoms with van der Waals surface area (Å²) in [4.78, 5) is 11.8. The topological polar surface area (TPSA) is 35.5 Å². The molecule has 0 aliphatic rings. The van der Waals surface area contributed by atoms with Crippen molar-refractivity contribution < 1.29 is 14.3 Å². The van der Waals surface area contributed by atoms with Crippen molar-refractivity contribution in [3.05, 3.63) is 65.7 Å². The summed E-state index contributed by atoms with van der Waals surface area (Å²) in [5.41, 5.74) is 2.30. The molecule has 0 amide bonds. The van der Waals surface area contributed by atoms with Crippen molar-refractivity contribution in [3.8, 4) is 5.75 Å². The maximum Gasteiger partial charge on any atom is 0.305 e. The van der Waals surface area contributed by atoms with E-state index in [0.29, 0.717) is 19.6 Å². The Hall–Kier alpha value is -2.29. The highest BCUT2D eigenvalue weighted by molar-refractivity contribution is 5.69. The van der Waals surface area contributed by atoms with E-state index in [-0.39, 0.29) is 5.97 Å². The van der Waals surface area contributed by atoms with Crippen molar-refractivity contribution in [1.82, 2.24) is 0 Å². The zero-order valence-corrected chi connectivity index (χ0v) is 17.9. The fourth-order valence-corrected chi connectivity index (χ4v) is 3.25. The van der Waals surface area contributed by atoms with Gasteiger partial charge in [0.2, 0.25) is 0 Å². The maximum atomic E-state index is 11.8. The van der Waals surface area contributed by atoms with Gasteiger partial charge < -0.3 is 9.47 Å². The SMILES string of the molecule is CCCCCCCCCCC(=O)OCCc1ccc(OCc2ccccc2)cc1. The van der Waals surface area contributed by atoms with Gasteiger partial charge >= 0.3 is 5.97 Å². The van der Waals surface area contributed by atoms with Crippen LogP contribution in [0.1, 0.15) is 75.8 Å². The fraction of sp³-hybridized carbons (Fsp3) is 0.500. The highest BCUT2D eigenvalue weighted by atomic mass is 16.5. The Morgan fingerprint density at radius 1 is 0.759 bits per heavy atom. The van der Waals surface area contributed by atoms with E-state index in [9.17, 15) is 4.79 Å². The van der Waals surface area contributed by atoms with Gasteiger partial charge in [0.1, 0.15) is 12.4 Å². The van der Waals surface area contributed by atoms with E-state index in [1.54, 1.807) is 0 Å². The van der Waals surface area contributed by atoms with E-state index in [0.717, 1.165) is 36.1 Å². The molecule has 0 atom stereocenters. The van der Waals surface area contributed by atoms with Gasteiger partial charge in [-0.05, 0) is 29.7 Å². The molecule has 0 bridgehead atoms. The van der Waals surface area contributed by atoms with Crippen molar-refractivity contribution >= 4 is 5.97 Å². The van der Waals surface area contributed by atoms with Gasteiger partial charge in [0.25, 0.3) is 0 Å². The minimum Gasteiger partial charge on any atom is -0.489 e. The van der Waals surface area contributed by atoms with Gasteiger partial charge in [0.15, 0.2) is 0 Å². The smallest absolute Gasteiger partial charge is 0.305 e. The molecule has 2 aromatic rings. The zero-order chi connectivity index (χ0) is 20.6. The average molecular weight is 397 g/mol. The Balaban J connectivity index is 1.51. The number of esters is 1. The van der Waals surface area contributed by atoms with Crippen molar-refractivity contribution in [2.45, 2.75) is 77.7 Å². The number of hydrogen-bond acceptors (Lipinski definition) is 3. The molecule has 0 heterocycles. The molecule has 0 unspecified atom stereocenters. The molecule has 3 heteroatoms. The van der Waals surface area contributed by atoms with Gasteiger partial charge in [-0.3, -0.25) is 4.79 Å². The van der Waals surface area contributed by atoms with Crippen LogP contribution in [0.15, 0.2) is 54.6 Å². The summed E-state index contributed by atoms with van der Waals surface area (Å²) in [5, 5.41) is 0. The number of unbranched alkanes of at least 4 members (excludes halogenated alkanes) is 7. The second-order valence-corrected chi connectivity index (χ2v) is 7.61. The number of ether oxygens (including phenoxy) is 2. The lowest BCUT2D eigenvalue weighted by atomic mass is 10.1. The summed E-state index contributed by atoms with van der Waals surface area (Å²) in [5.74, 6) is 0.781. The van der Waals surface area contributed by atoms with Crippen LogP contribution in [0, 0.1) is 0 Å². The Bertz CT molecular complexity index is 664. The van der Waals surface area contributed by atoms with E-state index < -0.39 is 0 Å². The van der Waals surface area contributed by atoms with E-state index in [1.807, 2.05) is 42.5 Å². The summed E-state index contributed by atoms with van der Waals surface area (Å²) in [6.07, 6.45) is 11.2. The molecule has 0 spiro atoms. The molecule has 3 nitrogen and oxygen atoms in total. The van der Waals surface area contributed by atoms with E-state index in [4.69, 9.17) is 9.47 Å². The van der Waals surface area contributed by atoms with Crippen molar-refractivity contribution in [2.24, 2.45) is 0 Å². The van der Waals surface area contributed by atoms with Crippen LogP contribution in [0.3, 0.4) is 0 Å². The number of carbonyl (C=O) groups excluding carboxylic acids is 1. The number of benzene rings is 2. The molecule has 29 heavy (non-hydrogen) atoms. The molecule has 158 valence electrons. The molecule has 0 radical (unpaired) electrons. The molecule has 2 rings (SSSR count). The average Bonchev–Trinajstić information content (AvgIpc) is 2.76. The maximum absolute atomic E-state index is 11.8. The van der Waals surface area contributed by atoms with Crippen molar-refractivity contribution in [2.75, 3.05) is 6.61 Å². The first-order chi connectivity index (χ1) is 14.3. The quantitative estimate of drug-likeness (QED) is 0.243. The van der Waals surface area contributed by atoms with Crippen LogP contribution >= 0.6 is 0 Å². The zero-order valence-electron chi connectivity index (χ0n) is 17.9. The van der Waals surface area contributed by atoms with Crippen LogP contribution in [-0.2, 0) is 22.6 Å². The first-order valence-electron chi connectivity index (χ1n) is 11.2. The van der Waals surface area contributed by atoms with Crippen LogP contribution in [0.2, 0.25) is 0 Å². The van der Waals surface area contributed by atoms with Crippen LogP contribution in [-0.4, -0.2) is 12.6 Å². The van der Waals surface area contributed by atoms with Crippen LogP contribution in [0.4, 0.5) is 0 Å². The summed E-state index contributed by atoms with van der Waals surface area (Å²) in [7, 11) is 0. The fourth-order valence-electron chi connectivity index (χ4n) is 3.25. The molecule has 0 fully saturated rings. The minimum absolute atomic E-state index is 0.0706. The first kappa shape index (κ1) is 23.0. The minimum atomic E-state index is -0.0706. The largest absolute Gasteiger partial charge is 0.489 e. The molecule has 2 aromatic carbocycles. The van der Waals surface area contributed by atoms with E-state index in [1.165, 1.54) is 38.5 Å². The first-order valence-corrected chi connectivity index (χ1v) is 11.2. The standard InChI is InChI=1S/C26H36O3/c1-2-3-4-5-6-7-8-12-15-26(27)28-21-20-23-16-18-25(19-17-23)29-22-24-13-10-9-11-14-24/h9-11,13-14,16-19H,2-8,12,15,20-22H2,1H3. The molecule has 0 saturated carbocycles. The molecule has 0 N–H and O–H groups in total. The predicted molar refractivity (Wildman–Crippen MR) is 119 cm³/mol. The van der Waals surface area contributed by atoms with Crippen molar-refractivity contribution in [3.63, 3.8) is 0 Å². The van der Waals surface area contributed by atoms with Crippen LogP contribution < -0.4 is 4.74 Å². The number of hydrogen-bond donors (Lipinski definition) is 0. The van der Waals surface area contributed by atoms with Gasteiger partial charge in [-0.1, -0.05) is 94.3 Å².